The average molecular weight is 277 g/mol. The third-order valence-corrected chi connectivity index (χ3v) is 4.08. The molecule has 110 valence electrons. The molecule has 2 rings (SSSR count). The molecule has 1 fully saturated rings. The zero-order valence-corrected chi connectivity index (χ0v) is 12.1. The zero-order valence-electron chi connectivity index (χ0n) is 12.1. The van der Waals surface area contributed by atoms with Crippen LogP contribution < -0.4 is 15.8 Å². The Bertz CT molecular complexity index is 488. The Morgan fingerprint density at radius 2 is 2.30 bits per heavy atom. The number of oxime groups is 1. The number of benzene rings is 1. The van der Waals surface area contributed by atoms with E-state index in [2.05, 4.69) is 17.4 Å². The van der Waals surface area contributed by atoms with Gasteiger partial charge in [-0.3, -0.25) is 0 Å². The molecule has 0 heterocycles. The first kappa shape index (κ1) is 14.7. The molecule has 1 saturated carbocycles. The van der Waals surface area contributed by atoms with E-state index in [1.807, 2.05) is 18.2 Å². The van der Waals surface area contributed by atoms with Gasteiger partial charge in [0.25, 0.3) is 0 Å². The quantitative estimate of drug-likeness (QED) is 0.333. The molecule has 0 spiro atoms. The highest BCUT2D eigenvalue weighted by molar-refractivity contribution is 5.99. The zero-order chi connectivity index (χ0) is 14.5. The third-order valence-electron chi connectivity index (χ3n) is 4.08. The first-order valence-corrected chi connectivity index (χ1v) is 7.04. The Balaban J connectivity index is 2.06. The van der Waals surface area contributed by atoms with E-state index >= 15 is 0 Å². The van der Waals surface area contributed by atoms with E-state index in [1.54, 1.807) is 7.11 Å². The van der Waals surface area contributed by atoms with Crippen LogP contribution in [0.2, 0.25) is 0 Å². The summed E-state index contributed by atoms with van der Waals surface area (Å²) in [5.41, 5.74) is 7.36. The minimum absolute atomic E-state index is 0.0609. The summed E-state index contributed by atoms with van der Waals surface area (Å²) in [5.74, 6) is 1.43. The molecule has 2 atom stereocenters. The number of rotatable bonds is 5. The summed E-state index contributed by atoms with van der Waals surface area (Å²) in [5, 5.41) is 15.4. The van der Waals surface area contributed by atoms with Crippen molar-refractivity contribution in [2.24, 2.45) is 16.8 Å². The molecule has 0 amide bonds. The monoisotopic (exact) mass is 277 g/mol. The summed E-state index contributed by atoms with van der Waals surface area (Å²) in [6.07, 6.45) is 3.87. The smallest absolute Gasteiger partial charge is 0.173 e. The number of nitrogens with zero attached hydrogens (tertiary/aromatic N) is 1. The van der Waals surface area contributed by atoms with Crippen molar-refractivity contribution in [3.05, 3.63) is 29.3 Å². The van der Waals surface area contributed by atoms with Crippen molar-refractivity contribution < 1.29 is 9.94 Å². The predicted octanol–water partition coefficient (Wildman–Crippen LogP) is 2.07. The Morgan fingerprint density at radius 1 is 1.50 bits per heavy atom. The van der Waals surface area contributed by atoms with E-state index in [0.29, 0.717) is 17.4 Å². The lowest BCUT2D eigenvalue weighted by Gasteiger charge is -2.18. The second-order valence-electron chi connectivity index (χ2n) is 5.42. The topological polar surface area (TPSA) is 79.9 Å². The van der Waals surface area contributed by atoms with Gasteiger partial charge in [0.15, 0.2) is 5.84 Å². The lowest BCUT2D eigenvalue weighted by Crippen LogP contribution is -2.30. The third kappa shape index (κ3) is 3.22. The summed E-state index contributed by atoms with van der Waals surface area (Å²) in [4.78, 5) is 0. The van der Waals surface area contributed by atoms with Crippen LogP contribution in [0.25, 0.3) is 0 Å². The Labute approximate surface area is 119 Å². The molecule has 2 unspecified atom stereocenters. The second kappa shape index (κ2) is 6.61. The van der Waals surface area contributed by atoms with Crippen LogP contribution in [-0.4, -0.2) is 24.2 Å². The van der Waals surface area contributed by atoms with Gasteiger partial charge in [-0.2, -0.15) is 0 Å². The molecule has 0 radical (unpaired) electrons. The fourth-order valence-corrected chi connectivity index (χ4v) is 2.81. The molecule has 4 N–H and O–H groups in total. The lowest BCUT2D eigenvalue weighted by molar-refractivity contribution is 0.318. The summed E-state index contributed by atoms with van der Waals surface area (Å²) < 4.78 is 5.30. The SMILES string of the molecule is COc1cc(CNC2CCCC2C)ccc1/C(N)=N/O. The molecule has 5 nitrogen and oxygen atoms in total. The number of hydrogen-bond acceptors (Lipinski definition) is 4. The van der Waals surface area contributed by atoms with E-state index in [0.717, 1.165) is 18.0 Å². The fourth-order valence-electron chi connectivity index (χ4n) is 2.81. The van der Waals surface area contributed by atoms with Gasteiger partial charge in [0.2, 0.25) is 0 Å². The number of ether oxygens (including phenoxy) is 1. The van der Waals surface area contributed by atoms with Crippen LogP contribution in [0.3, 0.4) is 0 Å². The van der Waals surface area contributed by atoms with Crippen molar-refractivity contribution in [3.63, 3.8) is 0 Å². The maximum Gasteiger partial charge on any atom is 0.173 e. The number of nitrogens with one attached hydrogen (secondary N) is 1. The summed E-state index contributed by atoms with van der Waals surface area (Å²) in [7, 11) is 1.58. The highest BCUT2D eigenvalue weighted by atomic mass is 16.5. The van der Waals surface area contributed by atoms with Crippen LogP contribution in [-0.2, 0) is 6.54 Å². The Hall–Kier alpha value is -1.75. The van der Waals surface area contributed by atoms with Crippen LogP contribution in [0.15, 0.2) is 23.4 Å². The molecule has 1 aromatic rings. The number of hydrogen-bond donors (Lipinski definition) is 3. The molecular weight excluding hydrogens is 254 g/mol. The van der Waals surface area contributed by atoms with E-state index in [4.69, 9.17) is 15.7 Å². The molecular formula is C15H23N3O2. The van der Waals surface area contributed by atoms with Crippen LogP contribution in [0, 0.1) is 5.92 Å². The Kier molecular flexibility index (Phi) is 4.84. The van der Waals surface area contributed by atoms with Gasteiger partial charge >= 0.3 is 0 Å². The van der Waals surface area contributed by atoms with E-state index in [9.17, 15) is 0 Å². The number of methoxy groups -OCH3 is 1. The standard InChI is InChI=1S/C15H23N3O2/c1-10-4-3-5-13(10)17-9-11-6-7-12(15(16)18-19)14(8-11)20-2/h6-8,10,13,17,19H,3-5,9H2,1-2H3,(H2,16,18). The largest absolute Gasteiger partial charge is 0.496 e. The molecule has 1 aliphatic carbocycles. The predicted molar refractivity (Wildman–Crippen MR) is 79.1 cm³/mol. The summed E-state index contributed by atoms with van der Waals surface area (Å²) in [6.45, 7) is 3.11. The highest BCUT2D eigenvalue weighted by Crippen LogP contribution is 2.25. The molecule has 0 aromatic heterocycles. The van der Waals surface area contributed by atoms with Gasteiger partial charge in [-0.15, -0.1) is 0 Å². The van der Waals surface area contributed by atoms with Crippen molar-refractivity contribution in [1.29, 1.82) is 0 Å². The molecule has 0 aliphatic heterocycles. The van der Waals surface area contributed by atoms with Gasteiger partial charge < -0.3 is 21.0 Å². The van der Waals surface area contributed by atoms with Crippen LogP contribution >= 0.6 is 0 Å². The molecule has 20 heavy (non-hydrogen) atoms. The normalized spacial score (nSPS) is 23.0. The van der Waals surface area contributed by atoms with E-state index < -0.39 is 0 Å². The van der Waals surface area contributed by atoms with Crippen LogP contribution in [0.1, 0.15) is 37.3 Å². The first-order chi connectivity index (χ1) is 9.65. The summed E-state index contributed by atoms with van der Waals surface area (Å²) in [6, 6.07) is 6.33. The number of nitrogens with two attached hydrogens (primary N) is 1. The minimum Gasteiger partial charge on any atom is -0.496 e. The molecule has 5 heteroatoms. The maximum atomic E-state index is 8.75. The van der Waals surface area contributed by atoms with Gasteiger partial charge in [-0.1, -0.05) is 24.6 Å². The molecule has 1 aliphatic rings. The van der Waals surface area contributed by atoms with Crippen molar-refractivity contribution in [1.82, 2.24) is 5.32 Å². The fraction of sp³-hybridized carbons (Fsp3) is 0.533. The van der Waals surface area contributed by atoms with Gasteiger partial charge in [-0.25, -0.2) is 0 Å². The maximum absolute atomic E-state index is 8.75. The van der Waals surface area contributed by atoms with Crippen molar-refractivity contribution >= 4 is 5.84 Å². The average Bonchev–Trinajstić information content (AvgIpc) is 2.89. The highest BCUT2D eigenvalue weighted by Gasteiger charge is 2.22. The second-order valence-corrected chi connectivity index (χ2v) is 5.42. The van der Waals surface area contributed by atoms with E-state index in [1.165, 1.54) is 19.3 Å². The van der Waals surface area contributed by atoms with Gasteiger partial charge in [-0.05, 0) is 36.5 Å². The molecule has 0 bridgehead atoms. The van der Waals surface area contributed by atoms with Gasteiger partial charge in [0.1, 0.15) is 5.75 Å². The molecule has 1 aromatic carbocycles. The lowest BCUT2D eigenvalue weighted by atomic mass is 10.1. The van der Waals surface area contributed by atoms with Gasteiger partial charge in [0, 0.05) is 12.6 Å². The van der Waals surface area contributed by atoms with Crippen molar-refractivity contribution in [2.75, 3.05) is 7.11 Å². The van der Waals surface area contributed by atoms with Crippen molar-refractivity contribution in [2.45, 2.75) is 38.8 Å². The van der Waals surface area contributed by atoms with E-state index in [-0.39, 0.29) is 5.84 Å². The first-order valence-electron chi connectivity index (χ1n) is 7.04. The van der Waals surface area contributed by atoms with Gasteiger partial charge in [0.05, 0.1) is 12.7 Å². The minimum atomic E-state index is 0.0609. The molecule has 0 saturated heterocycles. The van der Waals surface area contributed by atoms with Crippen LogP contribution in [0.4, 0.5) is 0 Å². The summed E-state index contributed by atoms with van der Waals surface area (Å²) >= 11 is 0. The van der Waals surface area contributed by atoms with Crippen LogP contribution in [0.5, 0.6) is 5.75 Å². The van der Waals surface area contributed by atoms with Crippen molar-refractivity contribution in [3.8, 4) is 5.75 Å². The Morgan fingerprint density at radius 3 is 2.90 bits per heavy atom. The number of amidine groups is 1.